The van der Waals surface area contributed by atoms with E-state index in [4.69, 9.17) is 0 Å². The number of fused-ring (bicyclic) bond motifs is 2. The average Bonchev–Trinajstić information content (AvgIpc) is 2.94. The van der Waals surface area contributed by atoms with Crippen molar-refractivity contribution < 1.29 is 13.2 Å². The minimum absolute atomic E-state index is 0.145. The summed E-state index contributed by atoms with van der Waals surface area (Å²) in [5.41, 5.74) is 0.446. The van der Waals surface area contributed by atoms with Gasteiger partial charge in [-0.05, 0) is 51.1 Å². The largest absolute Gasteiger partial charge is 0.322 e. The Bertz CT molecular complexity index is 1150. The van der Waals surface area contributed by atoms with E-state index < -0.39 is 15.6 Å². The Labute approximate surface area is 155 Å². The van der Waals surface area contributed by atoms with Crippen molar-refractivity contribution in [3.8, 4) is 0 Å². The molecule has 26 heavy (non-hydrogen) atoms. The maximum absolute atomic E-state index is 13.5. The van der Waals surface area contributed by atoms with E-state index in [0.29, 0.717) is 11.4 Å². The number of rotatable bonds is 2. The fourth-order valence-corrected chi connectivity index (χ4v) is 5.90. The van der Waals surface area contributed by atoms with E-state index in [1.54, 1.807) is 56.3 Å². The summed E-state index contributed by atoms with van der Waals surface area (Å²) in [5.74, 6) is -0.366. The zero-order valence-electron chi connectivity index (χ0n) is 14.5. The Morgan fingerprint density at radius 1 is 1.15 bits per heavy atom. The van der Waals surface area contributed by atoms with Crippen LogP contribution in [-0.4, -0.2) is 24.8 Å². The number of benzene rings is 2. The van der Waals surface area contributed by atoms with Gasteiger partial charge < -0.3 is 5.32 Å². The van der Waals surface area contributed by atoms with E-state index in [1.165, 1.54) is 15.6 Å². The molecule has 8 heteroatoms. The lowest BCUT2D eigenvalue weighted by Crippen LogP contribution is -2.58. The van der Waals surface area contributed by atoms with E-state index in [-0.39, 0.29) is 10.8 Å². The Morgan fingerprint density at radius 2 is 1.88 bits per heavy atom. The fraction of sp³-hybridized carbons (Fsp3) is 0.222. The minimum atomic E-state index is -3.95. The predicted octanol–water partition coefficient (Wildman–Crippen LogP) is 3.53. The standard InChI is InChI=1S/C18H17N3O3S2/c1-11-19-14-9-8-12(10-16(14)25-11)26(23,24)21-15-7-5-4-6-13(15)20-17(22)18(21,2)3/h4-10H,1-3H3,(H,20,22). The van der Waals surface area contributed by atoms with Crippen molar-refractivity contribution in [2.45, 2.75) is 31.2 Å². The summed E-state index contributed by atoms with van der Waals surface area (Å²) in [6.45, 7) is 5.09. The molecule has 0 atom stereocenters. The number of sulfonamides is 1. The van der Waals surface area contributed by atoms with E-state index in [9.17, 15) is 13.2 Å². The monoisotopic (exact) mass is 387 g/mol. The van der Waals surface area contributed by atoms with Gasteiger partial charge >= 0.3 is 0 Å². The molecule has 0 bridgehead atoms. The third-order valence-electron chi connectivity index (χ3n) is 4.44. The minimum Gasteiger partial charge on any atom is -0.322 e. The summed E-state index contributed by atoms with van der Waals surface area (Å²) in [6.07, 6.45) is 0. The Kier molecular flexibility index (Phi) is 3.61. The van der Waals surface area contributed by atoms with Crippen LogP contribution in [-0.2, 0) is 14.8 Å². The van der Waals surface area contributed by atoms with Crippen molar-refractivity contribution in [2.75, 3.05) is 9.62 Å². The van der Waals surface area contributed by atoms with Gasteiger partial charge in [-0.25, -0.2) is 17.7 Å². The molecule has 0 spiro atoms. The first-order chi connectivity index (χ1) is 12.2. The molecule has 1 N–H and O–H groups in total. The number of carbonyl (C=O) groups excluding carboxylic acids is 1. The van der Waals surface area contributed by atoms with Crippen molar-refractivity contribution in [3.63, 3.8) is 0 Å². The Morgan fingerprint density at radius 3 is 2.65 bits per heavy atom. The van der Waals surface area contributed by atoms with Gasteiger partial charge in [0.15, 0.2) is 0 Å². The number of thiazole rings is 1. The van der Waals surface area contributed by atoms with Crippen LogP contribution in [0.1, 0.15) is 18.9 Å². The quantitative estimate of drug-likeness (QED) is 0.729. The molecule has 0 aliphatic carbocycles. The molecule has 2 heterocycles. The second-order valence-corrected chi connectivity index (χ2v) is 9.68. The molecule has 4 rings (SSSR count). The summed E-state index contributed by atoms with van der Waals surface area (Å²) in [6, 6.07) is 11.8. The summed E-state index contributed by atoms with van der Waals surface area (Å²) >= 11 is 1.44. The molecule has 1 aromatic heterocycles. The summed E-state index contributed by atoms with van der Waals surface area (Å²) in [5, 5.41) is 3.66. The van der Waals surface area contributed by atoms with Crippen LogP contribution in [0.3, 0.4) is 0 Å². The van der Waals surface area contributed by atoms with Gasteiger partial charge in [0.1, 0.15) is 5.54 Å². The SMILES string of the molecule is Cc1nc2ccc(S(=O)(=O)N3c4ccccc4NC(=O)C3(C)C)cc2s1. The normalized spacial score (nSPS) is 16.4. The van der Waals surface area contributed by atoms with Crippen LogP contribution in [0.4, 0.5) is 11.4 Å². The highest BCUT2D eigenvalue weighted by atomic mass is 32.2. The van der Waals surface area contributed by atoms with Crippen LogP contribution in [0.15, 0.2) is 47.4 Å². The smallest absolute Gasteiger partial charge is 0.265 e. The first kappa shape index (κ1) is 17.0. The molecular weight excluding hydrogens is 370 g/mol. The summed E-state index contributed by atoms with van der Waals surface area (Å²) in [4.78, 5) is 17.1. The molecule has 0 fully saturated rings. The number of carbonyl (C=O) groups is 1. The molecule has 134 valence electrons. The lowest BCUT2D eigenvalue weighted by atomic mass is 10.00. The molecule has 2 aromatic carbocycles. The zero-order valence-corrected chi connectivity index (χ0v) is 16.1. The van der Waals surface area contributed by atoms with Crippen LogP contribution in [0.2, 0.25) is 0 Å². The van der Waals surface area contributed by atoms with Gasteiger partial charge in [0.2, 0.25) is 0 Å². The lowest BCUT2D eigenvalue weighted by molar-refractivity contribution is -0.120. The second kappa shape index (κ2) is 5.52. The molecule has 1 amide bonds. The number of anilines is 2. The van der Waals surface area contributed by atoms with Crippen molar-refractivity contribution in [1.29, 1.82) is 0 Å². The van der Waals surface area contributed by atoms with E-state index in [1.807, 2.05) is 6.92 Å². The van der Waals surface area contributed by atoms with Crippen molar-refractivity contribution in [2.24, 2.45) is 0 Å². The lowest BCUT2D eigenvalue weighted by Gasteiger charge is -2.42. The van der Waals surface area contributed by atoms with Gasteiger partial charge in [-0.3, -0.25) is 4.79 Å². The molecule has 1 aliphatic heterocycles. The first-order valence-electron chi connectivity index (χ1n) is 8.04. The van der Waals surface area contributed by atoms with E-state index >= 15 is 0 Å². The molecular formula is C18H17N3O3S2. The highest BCUT2D eigenvalue weighted by Crippen LogP contribution is 2.41. The number of hydrogen-bond donors (Lipinski definition) is 1. The van der Waals surface area contributed by atoms with Crippen molar-refractivity contribution in [1.82, 2.24) is 4.98 Å². The van der Waals surface area contributed by atoms with Gasteiger partial charge in [-0.2, -0.15) is 0 Å². The highest BCUT2D eigenvalue weighted by Gasteiger charge is 2.47. The molecule has 6 nitrogen and oxygen atoms in total. The molecule has 3 aromatic rings. The summed E-state index contributed by atoms with van der Waals surface area (Å²) in [7, 11) is -3.95. The maximum Gasteiger partial charge on any atom is 0.265 e. The van der Waals surface area contributed by atoms with Crippen molar-refractivity contribution in [3.05, 3.63) is 47.5 Å². The van der Waals surface area contributed by atoms with Gasteiger partial charge in [0, 0.05) is 0 Å². The second-order valence-electron chi connectivity index (χ2n) is 6.66. The highest BCUT2D eigenvalue weighted by molar-refractivity contribution is 7.93. The molecule has 1 aliphatic rings. The fourth-order valence-electron chi connectivity index (χ4n) is 3.14. The number of aryl methyl sites for hydroxylation is 1. The number of nitrogens with one attached hydrogen (secondary N) is 1. The topological polar surface area (TPSA) is 79.4 Å². The van der Waals surface area contributed by atoms with Crippen LogP contribution < -0.4 is 9.62 Å². The first-order valence-corrected chi connectivity index (χ1v) is 10.3. The van der Waals surface area contributed by atoms with Crippen LogP contribution >= 0.6 is 11.3 Å². The number of aromatic nitrogens is 1. The van der Waals surface area contributed by atoms with Gasteiger partial charge in [-0.1, -0.05) is 12.1 Å². The Hall–Kier alpha value is -2.45. The average molecular weight is 387 g/mol. The third-order valence-corrected chi connectivity index (χ3v) is 7.36. The van der Waals surface area contributed by atoms with Crippen LogP contribution in [0.5, 0.6) is 0 Å². The maximum atomic E-state index is 13.5. The zero-order chi connectivity index (χ0) is 18.7. The van der Waals surface area contributed by atoms with Crippen molar-refractivity contribution >= 4 is 48.9 Å². The Balaban J connectivity index is 1.94. The van der Waals surface area contributed by atoms with Gasteiger partial charge in [0.25, 0.3) is 15.9 Å². The molecule has 0 saturated heterocycles. The number of nitrogens with zero attached hydrogens (tertiary/aromatic N) is 2. The van der Waals surface area contributed by atoms with Gasteiger partial charge in [-0.15, -0.1) is 11.3 Å². The number of para-hydroxylation sites is 2. The molecule has 0 unspecified atom stereocenters. The number of amides is 1. The van der Waals surface area contributed by atoms with Gasteiger partial charge in [0.05, 0.1) is 31.5 Å². The van der Waals surface area contributed by atoms with Crippen LogP contribution in [0.25, 0.3) is 10.2 Å². The molecule has 0 radical (unpaired) electrons. The van der Waals surface area contributed by atoms with Crippen LogP contribution in [0, 0.1) is 6.92 Å². The summed E-state index contributed by atoms with van der Waals surface area (Å²) < 4.78 is 29.0. The number of hydrogen-bond acceptors (Lipinski definition) is 5. The molecule has 0 saturated carbocycles. The van der Waals surface area contributed by atoms with E-state index in [0.717, 1.165) is 15.2 Å². The third kappa shape index (κ3) is 2.40. The van der Waals surface area contributed by atoms with E-state index in [2.05, 4.69) is 10.3 Å². The predicted molar refractivity (Wildman–Crippen MR) is 103 cm³/mol.